The fourth-order valence-electron chi connectivity index (χ4n) is 3.51. The minimum Gasteiger partial charge on any atom is -0.462 e. The summed E-state index contributed by atoms with van der Waals surface area (Å²) in [6.45, 7) is 0. The molecule has 3 heterocycles. The molecule has 6 nitrogen and oxygen atoms in total. The van der Waals surface area contributed by atoms with Crippen LogP contribution in [0.3, 0.4) is 0 Å². The van der Waals surface area contributed by atoms with Gasteiger partial charge in [-0.1, -0.05) is 48.3 Å². The number of furan rings is 1. The van der Waals surface area contributed by atoms with Crippen molar-refractivity contribution in [2.24, 2.45) is 5.73 Å². The lowest BCUT2D eigenvalue weighted by Crippen LogP contribution is -2.34. The third-order valence-corrected chi connectivity index (χ3v) is 6.03. The molecule has 1 aliphatic rings. The molecule has 0 saturated heterocycles. The van der Waals surface area contributed by atoms with Gasteiger partial charge in [0, 0.05) is 5.56 Å². The quantitative estimate of drug-likeness (QED) is 0.546. The minimum atomic E-state index is -0.483. The Morgan fingerprint density at radius 2 is 1.81 bits per heavy atom. The maximum absolute atomic E-state index is 6.49. The summed E-state index contributed by atoms with van der Waals surface area (Å²) in [5.41, 5.74) is 7.80. The zero-order valence-electron chi connectivity index (χ0n) is 14.6. The fraction of sp³-hybridized carbons (Fsp3) is 0.250. The highest BCUT2D eigenvalue weighted by molar-refractivity contribution is 7.18. The van der Waals surface area contributed by atoms with Gasteiger partial charge in [0.25, 0.3) is 5.89 Å². The largest absolute Gasteiger partial charge is 0.462 e. The first-order valence-corrected chi connectivity index (χ1v) is 9.78. The van der Waals surface area contributed by atoms with E-state index in [4.69, 9.17) is 19.7 Å². The molecular weight excluding hydrogens is 360 g/mol. The molecular formula is C20H18N4O2S. The highest BCUT2D eigenvalue weighted by Crippen LogP contribution is 2.41. The first-order valence-electron chi connectivity index (χ1n) is 8.96. The van der Waals surface area contributed by atoms with Crippen molar-refractivity contribution < 1.29 is 8.94 Å². The number of rotatable bonds is 4. The molecule has 5 rings (SSSR count). The number of thiazole rings is 1. The normalized spacial score (nSPS) is 16.0. The van der Waals surface area contributed by atoms with Crippen molar-refractivity contribution in [2.75, 3.05) is 0 Å². The molecule has 0 radical (unpaired) electrons. The highest BCUT2D eigenvalue weighted by Gasteiger charge is 2.36. The van der Waals surface area contributed by atoms with E-state index >= 15 is 0 Å². The molecule has 136 valence electrons. The van der Waals surface area contributed by atoms with Gasteiger partial charge in [-0.3, -0.25) is 0 Å². The Labute approximate surface area is 160 Å². The summed E-state index contributed by atoms with van der Waals surface area (Å²) in [6.07, 6.45) is 5.61. The number of benzene rings is 1. The molecule has 0 bridgehead atoms. The van der Waals surface area contributed by atoms with Crippen LogP contribution >= 0.6 is 11.3 Å². The summed E-state index contributed by atoms with van der Waals surface area (Å²) >= 11 is 1.48. The Balaban J connectivity index is 1.62. The van der Waals surface area contributed by atoms with Gasteiger partial charge in [-0.15, -0.1) is 11.3 Å². The van der Waals surface area contributed by atoms with Crippen LogP contribution in [-0.4, -0.2) is 15.1 Å². The van der Waals surface area contributed by atoms with Gasteiger partial charge >= 0.3 is 0 Å². The Bertz CT molecular complexity index is 1050. The van der Waals surface area contributed by atoms with Crippen molar-refractivity contribution >= 4 is 11.3 Å². The van der Waals surface area contributed by atoms with Crippen molar-refractivity contribution in [3.05, 3.63) is 54.6 Å². The zero-order valence-corrected chi connectivity index (χ0v) is 15.4. The predicted molar refractivity (Wildman–Crippen MR) is 103 cm³/mol. The summed E-state index contributed by atoms with van der Waals surface area (Å²) in [5.74, 6) is 1.76. The van der Waals surface area contributed by atoms with Gasteiger partial charge in [-0.25, -0.2) is 4.98 Å². The predicted octanol–water partition coefficient (Wildman–Crippen LogP) is 4.85. The lowest BCUT2D eigenvalue weighted by atomic mass is 9.99. The number of nitrogens with two attached hydrogens (primary N) is 1. The molecule has 1 aromatic carbocycles. The molecule has 1 fully saturated rings. The van der Waals surface area contributed by atoms with E-state index in [1.807, 2.05) is 42.5 Å². The molecule has 3 aromatic heterocycles. The van der Waals surface area contributed by atoms with Crippen LogP contribution in [0.15, 0.2) is 57.7 Å². The van der Waals surface area contributed by atoms with Crippen LogP contribution in [0.1, 0.15) is 31.5 Å². The molecule has 27 heavy (non-hydrogen) atoms. The number of aromatic nitrogens is 3. The molecule has 1 saturated carbocycles. The highest BCUT2D eigenvalue weighted by atomic mass is 32.1. The Kier molecular flexibility index (Phi) is 3.91. The van der Waals surface area contributed by atoms with Crippen LogP contribution < -0.4 is 5.73 Å². The van der Waals surface area contributed by atoms with E-state index in [9.17, 15) is 0 Å². The molecule has 0 amide bonds. The van der Waals surface area contributed by atoms with Crippen molar-refractivity contribution in [1.82, 2.24) is 15.1 Å². The third-order valence-electron chi connectivity index (χ3n) is 4.97. The SMILES string of the molecule is NC1(c2noc(-c3sc(-c4ccco4)nc3-c3ccccc3)n2)CCCC1. The second kappa shape index (κ2) is 6.44. The van der Waals surface area contributed by atoms with E-state index < -0.39 is 5.54 Å². The number of hydrogen-bond donors (Lipinski definition) is 1. The van der Waals surface area contributed by atoms with E-state index in [0.717, 1.165) is 46.8 Å². The molecule has 2 N–H and O–H groups in total. The standard InChI is InChI=1S/C20H18N4O2S/c21-20(10-4-5-11-20)19-23-17(26-24-19)16-15(13-7-2-1-3-8-13)22-18(27-16)14-9-6-12-25-14/h1-3,6-9,12H,4-5,10-11,21H2. The Morgan fingerprint density at radius 1 is 1.00 bits per heavy atom. The number of nitrogens with zero attached hydrogens (tertiary/aromatic N) is 3. The van der Waals surface area contributed by atoms with E-state index in [-0.39, 0.29) is 0 Å². The topological polar surface area (TPSA) is 91.0 Å². The van der Waals surface area contributed by atoms with Crippen molar-refractivity contribution in [1.29, 1.82) is 0 Å². The second-order valence-electron chi connectivity index (χ2n) is 6.83. The van der Waals surface area contributed by atoms with Gasteiger partial charge in [0.05, 0.1) is 17.5 Å². The average Bonchev–Trinajstić information content (AvgIpc) is 3.47. The fourth-order valence-corrected chi connectivity index (χ4v) is 4.49. The molecule has 0 unspecified atom stereocenters. The van der Waals surface area contributed by atoms with Crippen LogP contribution in [0.25, 0.3) is 32.8 Å². The monoisotopic (exact) mass is 378 g/mol. The second-order valence-corrected chi connectivity index (χ2v) is 7.83. The summed E-state index contributed by atoms with van der Waals surface area (Å²) in [5, 5.41) is 4.97. The minimum absolute atomic E-state index is 0.455. The summed E-state index contributed by atoms with van der Waals surface area (Å²) in [6, 6.07) is 13.7. The smallest absolute Gasteiger partial charge is 0.270 e. The molecule has 7 heteroatoms. The van der Waals surface area contributed by atoms with E-state index in [1.165, 1.54) is 11.3 Å². The van der Waals surface area contributed by atoms with Crippen molar-refractivity contribution in [3.8, 4) is 32.8 Å². The lowest BCUT2D eigenvalue weighted by molar-refractivity contribution is 0.373. The summed E-state index contributed by atoms with van der Waals surface area (Å²) < 4.78 is 11.1. The maximum atomic E-state index is 6.49. The first-order chi connectivity index (χ1) is 13.2. The van der Waals surface area contributed by atoms with Crippen LogP contribution in [-0.2, 0) is 5.54 Å². The first kappa shape index (κ1) is 16.4. The number of hydrogen-bond acceptors (Lipinski definition) is 7. The molecule has 0 atom stereocenters. The lowest BCUT2D eigenvalue weighted by Gasteiger charge is -2.17. The molecule has 1 aliphatic carbocycles. The van der Waals surface area contributed by atoms with Gasteiger partial charge in [-0.05, 0) is 25.0 Å². The molecule has 0 aliphatic heterocycles. The third kappa shape index (κ3) is 2.89. The van der Waals surface area contributed by atoms with E-state index in [1.54, 1.807) is 6.26 Å². The summed E-state index contributed by atoms with van der Waals surface area (Å²) in [7, 11) is 0. The average molecular weight is 378 g/mol. The van der Waals surface area contributed by atoms with Gasteiger partial charge in [-0.2, -0.15) is 4.98 Å². The Morgan fingerprint density at radius 3 is 2.56 bits per heavy atom. The summed E-state index contributed by atoms with van der Waals surface area (Å²) in [4.78, 5) is 10.3. The van der Waals surface area contributed by atoms with Gasteiger partial charge in [0.1, 0.15) is 4.88 Å². The van der Waals surface area contributed by atoms with Crippen LogP contribution in [0.5, 0.6) is 0 Å². The maximum Gasteiger partial charge on any atom is 0.270 e. The van der Waals surface area contributed by atoms with Crippen LogP contribution in [0, 0.1) is 0 Å². The van der Waals surface area contributed by atoms with Gasteiger partial charge < -0.3 is 14.7 Å². The van der Waals surface area contributed by atoms with Crippen molar-refractivity contribution in [3.63, 3.8) is 0 Å². The molecule has 4 aromatic rings. The van der Waals surface area contributed by atoms with Crippen molar-refractivity contribution in [2.45, 2.75) is 31.2 Å². The van der Waals surface area contributed by atoms with Crippen LogP contribution in [0.4, 0.5) is 0 Å². The van der Waals surface area contributed by atoms with E-state index in [0.29, 0.717) is 17.5 Å². The zero-order chi connectivity index (χ0) is 18.3. The van der Waals surface area contributed by atoms with Gasteiger partial charge in [0.2, 0.25) is 0 Å². The van der Waals surface area contributed by atoms with E-state index in [2.05, 4.69) is 10.1 Å². The molecule has 0 spiro atoms. The van der Waals surface area contributed by atoms with Gasteiger partial charge in [0.15, 0.2) is 16.6 Å². The Hall–Kier alpha value is -2.77. The van der Waals surface area contributed by atoms with Crippen LogP contribution in [0.2, 0.25) is 0 Å².